The minimum absolute atomic E-state index is 0.0977. The van der Waals surface area contributed by atoms with Gasteiger partial charge in [-0.15, -0.1) is 0 Å². The van der Waals surface area contributed by atoms with Crippen molar-refractivity contribution in [2.75, 3.05) is 26.2 Å². The van der Waals surface area contributed by atoms with E-state index in [-0.39, 0.29) is 18.4 Å². The maximum Gasteiger partial charge on any atom is 0.176 e. The van der Waals surface area contributed by atoms with Gasteiger partial charge in [0.2, 0.25) is 0 Å². The second kappa shape index (κ2) is 11.0. The summed E-state index contributed by atoms with van der Waals surface area (Å²) in [5.74, 6) is 0.119. The van der Waals surface area contributed by atoms with Gasteiger partial charge in [-0.2, -0.15) is 0 Å². The van der Waals surface area contributed by atoms with Gasteiger partial charge in [-0.3, -0.25) is 9.78 Å². The third kappa shape index (κ3) is 7.31. The molecule has 2 aromatic rings. The summed E-state index contributed by atoms with van der Waals surface area (Å²) in [5.41, 5.74) is 1.09. The lowest BCUT2D eigenvalue weighted by Gasteiger charge is -2.23. The number of piperazine rings is 1. The van der Waals surface area contributed by atoms with Gasteiger partial charge in [-0.25, -0.2) is 0 Å². The lowest BCUT2D eigenvalue weighted by atomic mass is 10.1. The molecule has 128 valence electrons. The fourth-order valence-electron chi connectivity index (χ4n) is 2.17. The Kier molecular flexibility index (Phi) is 8.62. The van der Waals surface area contributed by atoms with Crippen LogP contribution in [-0.4, -0.2) is 43.1 Å². The van der Waals surface area contributed by atoms with Gasteiger partial charge in [0.05, 0.1) is 12.6 Å². The molecule has 3 rings (SSSR count). The SMILES string of the molecule is Brc1cccnc1.O=C(COCc1ccccc1)C1CNCCN1. The Hall–Kier alpha value is -1.60. The van der Waals surface area contributed by atoms with Gasteiger partial charge in [0.25, 0.3) is 0 Å². The quantitative estimate of drug-likeness (QED) is 0.817. The van der Waals surface area contributed by atoms with Crippen LogP contribution in [-0.2, 0) is 16.1 Å². The molecule has 5 nitrogen and oxygen atoms in total. The zero-order chi connectivity index (χ0) is 17.0. The van der Waals surface area contributed by atoms with Gasteiger partial charge >= 0.3 is 0 Å². The predicted octanol–water partition coefficient (Wildman–Crippen LogP) is 2.18. The number of halogens is 1. The summed E-state index contributed by atoms with van der Waals surface area (Å²) in [6.45, 7) is 3.14. The summed E-state index contributed by atoms with van der Waals surface area (Å²) in [6, 6.07) is 13.6. The van der Waals surface area contributed by atoms with Gasteiger partial charge in [-0.1, -0.05) is 30.3 Å². The lowest BCUT2D eigenvalue weighted by Crippen LogP contribution is -2.53. The van der Waals surface area contributed by atoms with E-state index < -0.39 is 0 Å². The van der Waals surface area contributed by atoms with Crippen LogP contribution in [0.2, 0.25) is 0 Å². The maximum atomic E-state index is 11.8. The van der Waals surface area contributed by atoms with E-state index in [0.29, 0.717) is 13.2 Å². The molecule has 0 bridgehead atoms. The second-order valence-electron chi connectivity index (χ2n) is 5.33. The van der Waals surface area contributed by atoms with Crippen molar-refractivity contribution in [1.29, 1.82) is 0 Å². The Bertz CT molecular complexity index is 590. The molecule has 0 radical (unpaired) electrons. The third-order valence-electron chi connectivity index (χ3n) is 3.41. The van der Waals surface area contributed by atoms with Crippen LogP contribution >= 0.6 is 15.9 Å². The smallest absolute Gasteiger partial charge is 0.176 e. The molecule has 2 heterocycles. The summed E-state index contributed by atoms with van der Waals surface area (Å²) in [4.78, 5) is 15.6. The van der Waals surface area contributed by atoms with E-state index in [1.54, 1.807) is 12.4 Å². The van der Waals surface area contributed by atoms with Crippen LogP contribution in [0.15, 0.2) is 59.3 Å². The Morgan fingerprint density at radius 2 is 2.04 bits per heavy atom. The first-order valence-corrected chi connectivity index (χ1v) is 8.69. The van der Waals surface area contributed by atoms with E-state index in [1.807, 2.05) is 42.5 Å². The first-order valence-electron chi connectivity index (χ1n) is 7.89. The Balaban J connectivity index is 0.000000249. The lowest BCUT2D eigenvalue weighted by molar-refractivity contribution is -0.126. The van der Waals surface area contributed by atoms with Crippen LogP contribution in [0.5, 0.6) is 0 Å². The maximum absolute atomic E-state index is 11.8. The van der Waals surface area contributed by atoms with Crippen molar-refractivity contribution in [1.82, 2.24) is 15.6 Å². The Labute approximate surface area is 151 Å². The summed E-state index contributed by atoms with van der Waals surface area (Å²) >= 11 is 3.25. The molecule has 2 N–H and O–H groups in total. The van der Waals surface area contributed by atoms with Crippen LogP contribution < -0.4 is 10.6 Å². The van der Waals surface area contributed by atoms with Crippen molar-refractivity contribution in [3.63, 3.8) is 0 Å². The minimum atomic E-state index is -0.0977. The molecule has 1 unspecified atom stereocenters. The van der Waals surface area contributed by atoms with E-state index in [0.717, 1.165) is 23.1 Å². The number of benzene rings is 1. The molecule has 1 aliphatic rings. The molecular weight excluding hydrogens is 370 g/mol. The minimum Gasteiger partial charge on any atom is -0.369 e. The van der Waals surface area contributed by atoms with Gasteiger partial charge in [0.1, 0.15) is 6.61 Å². The molecule has 1 atom stereocenters. The standard InChI is InChI=1S/C13H18N2O2.C5H4BrN/c16-13(12-8-14-6-7-15-12)10-17-9-11-4-2-1-3-5-11;6-5-2-1-3-7-4-5/h1-5,12,14-15H,6-10H2;1-4H. The Morgan fingerprint density at radius 1 is 1.21 bits per heavy atom. The predicted molar refractivity (Wildman–Crippen MR) is 97.7 cm³/mol. The highest BCUT2D eigenvalue weighted by Gasteiger charge is 2.19. The van der Waals surface area contributed by atoms with E-state index in [1.165, 1.54) is 0 Å². The number of ketones is 1. The number of rotatable bonds is 5. The van der Waals surface area contributed by atoms with Gasteiger partial charge in [0.15, 0.2) is 5.78 Å². The van der Waals surface area contributed by atoms with Gasteiger partial charge in [0, 0.05) is 36.5 Å². The molecule has 1 saturated heterocycles. The fourth-order valence-corrected chi connectivity index (χ4v) is 2.44. The number of hydrogen-bond acceptors (Lipinski definition) is 5. The number of aromatic nitrogens is 1. The number of nitrogens with zero attached hydrogens (tertiary/aromatic N) is 1. The monoisotopic (exact) mass is 391 g/mol. The molecule has 0 saturated carbocycles. The normalized spacial score (nSPS) is 16.8. The number of hydrogen-bond donors (Lipinski definition) is 2. The molecule has 6 heteroatoms. The first-order chi connectivity index (χ1) is 11.8. The zero-order valence-corrected chi connectivity index (χ0v) is 15.0. The second-order valence-corrected chi connectivity index (χ2v) is 6.24. The van der Waals surface area contributed by atoms with Crippen molar-refractivity contribution in [2.45, 2.75) is 12.6 Å². The largest absolute Gasteiger partial charge is 0.369 e. The van der Waals surface area contributed by atoms with Crippen molar-refractivity contribution >= 4 is 21.7 Å². The molecule has 0 spiro atoms. The summed E-state index contributed by atoms with van der Waals surface area (Å²) < 4.78 is 6.44. The van der Waals surface area contributed by atoms with Gasteiger partial charge in [-0.05, 0) is 33.6 Å². The van der Waals surface area contributed by atoms with Crippen molar-refractivity contribution < 1.29 is 9.53 Å². The molecule has 1 aliphatic heterocycles. The van der Waals surface area contributed by atoms with Crippen molar-refractivity contribution in [3.8, 4) is 0 Å². The van der Waals surface area contributed by atoms with Crippen LogP contribution in [0, 0.1) is 0 Å². The fraction of sp³-hybridized carbons (Fsp3) is 0.333. The third-order valence-corrected chi connectivity index (χ3v) is 3.88. The molecule has 24 heavy (non-hydrogen) atoms. The van der Waals surface area contributed by atoms with Crippen LogP contribution in [0.25, 0.3) is 0 Å². The molecule has 0 amide bonds. The highest BCUT2D eigenvalue weighted by molar-refractivity contribution is 9.10. The highest BCUT2D eigenvalue weighted by atomic mass is 79.9. The summed E-state index contributed by atoms with van der Waals surface area (Å²) in [5, 5.41) is 6.36. The molecule has 1 aromatic carbocycles. The van der Waals surface area contributed by atoms with E-state index >= 15 is 0 Å². The van der Waals surface area contributed by atoms with Crippen LogP contribution in [0.1, 0.15) is 5.56 Å². The van der Waals surface area contributed by atoms with Crippen LogP contribution in [0.4, 0.5) is 0 Å². The number of ether oxygens (including phenoxy) is 1. The molecule has 1 fully saturated rings. The topological polar surface area (TPSA) is 63.2 Å². The number of carbonyl (C=O) groups is 1. The van der Waals surface area contributed by atoms with Crippen LogP contribution in [0.3, 0.4) is 0 Å². The van der Waals surface area contributed by atoms with Crippen molar-refractivity contribution in [3.05, 3.63) is 64.9 Å². The van der Waals surface area contributed by atoms with Gasteiger partial charge < -0.3 is 15.4 Å². The highest BCUT2D eigenvalue weighted by Crippen LogP contribution is 2.03. The molecule has 0 aliphatic carbocycles. The number of nitrogens with one attached hydrogen (secondary N) is 2. The average molecular weight is 392 g/mol. The van der Waals surface area contributed by atoms with E-state index in [9.17, 15) is 4.79 Å². The molecule has 1 aromatic heterocycles. The number of pyridine rings is 1. The Morgan fingerprint density at radius 3 is 2.62 bits per heavy atom. The number of carbonyl (C=O) groups excluding carboxylic acids is 1. The van der Waals surface area contributed by atoms with Crippen molar-refractivity contribution in [2.24, 2.45) is 0 Å². The summed E-state index contributed by atoms with van der Waals surface area (Å²) in [6.07, 6.45) is 3.49. The molecular formula is C18H22BrN3O2. The first kappa shape index (κ1) is 18.7. The average Bonchev–Trinajstić information content (AvgIpc) is 2.64. The van der Waals surface area contributed by atoms with E-state index in [4.69, 9.17) is 4.74 Å². The summed E-state index contributed by atoms with van der Waals surface area (Å²) in [7, 11) is 0. The zero-order valence-electron chi connectivity index (χ0n) is 13.5. The van der Waals surface area contributed by atoms with E-state index in [2.05, 4.69) is 31.5 Å². The number of Topliss-reactive ketones (excluding diaryl/α,β-unsaturated/α-hetero) is 1.